The number of benzene rings is 4. The third kappa shape index (κ3) is 7.32. The molecule has 0 aliphatic heterocycles. The van der Waals surface area contributed by atoms with Crippen LogP contribution in [0.4, 0.5) is 0 Å². The summed E-state index contributed by atoms with van der Waals surface area (Å²) in [6.45, 7) is 2.97. The second-order valence-electron chi connectivity index (χ2n) is 13.3. The number of thiazole rings is 1. The summed E-state index contributed by atoms with van der Waals surface area (Å²) < 4.78 is 85.2. The molecule has 0 atom stereocenters. The minimum atomic E-state index is -2.35. The fraction of sp³-hybridized carbons (Fsp3) is 0.222. The van der Waals surface area contributed by atoms with E-state index in [0.717, 1.165) is 37.1 Å². The van der Waals surface area contributed by atoms with Crippen molar-refractivity contribution in [3.8, 4) is 33.6 Å². The second-order valence-corrected chi connectivity index (χ2v) is 14.4. The van der Waals surface area contributed by atoms with Gasteiger partial charge in [-0.15, -0.1) is 64.9 Å². The minimum absolute atomic E-state index is 0. The Balaban J connectivity index is 0.000000208. The van der Waals surface area contributed by atoms with Gasteiger partial charge in [-0.2, -0.15) is 0 Å². The van der Waals surface area contributed by atoms with E-state index in [1.165, 1.54) is 24.5 Å². The van der Waals surface area contributed by atoms with Crippen LogP contribution >= 0.6 is 11.3 Å². The molecule has 4 aromatic heterocycles. The number of aryl methyl sites for hydroxylation is 3. The fourth-order valence-corrected chi connectivity index (χ4v) is 6.77. The van der Waals surface area contributed by atoms with Crippen LogP contribution in [0.3, 0.4) is 0 Å². The molecule has 0 fully saturated rings. The van der Waals surface area contributed by atoms with Gasteiger partial charge in [-0.25, -0.2) is 4.98 Å². The summed E-state index contributed by atoms with van der Waals surface area (Å²) >= 11 is 1.67. The first kappa shape index (κ1) is 25.5. The predicted octanol–water partition coefficient (Wildman–Crippen LogP) is 12.6. The molecule has 0 bridgehead atoms. The quantitative estimate of drug-likeness (QED) is 0.165. The van der Waals surface area contributed by atoms with Crippen molar-refractivity contribution in [2.24, 2.45) is 0 Å². The van der Waals surface area contributed by atoms with Gasteiger partial charge in [-0.1, -0.05) is 101 Å². The van der Waals surface area contributed by atoms with Gasteiger partial charge in [-0.3, -0.25) is 0 Å². The maximum atomic E-state index is 8.53. The Labute approximate surface area is 332 Å². The Kier molecular flexibility index (Phi) is 7.31. The van der Waals surface area contributed by atoms with E-state index in [1.807, 2.05) is 42.5 Å². The van der Waals surface area contributed by atoms with Crippen LogP contribution < -0.4 is 0 Å². The predicted molar refractivity (Wildman–Crippen MR) is 210 cm³/mol. The molecule has 1 radical (unpaired) electrons. The van der Waals surface area contributed by atoms with E-state index in [1.54, 1.807) is 43.4 Å². The van der Waals surface area contributed by atoms with Crippen LogP contribution in [0.1, 0.15) is 81.5 Å². The molecule has 51 heavy (non-hydrogen) atoms. The molecular formula is C45H41IrN3OS-2. The van der Waals surface area contributed by atoms with E-state index in [2.05, 4.69) is 55.0 Å². The normalized spacial score (nSPS) is 15.4. The Morgan fingerprint density at radius 1 is 0.824 bits per heavy atom. The molecule has 259 valence electrons. The summed E-state index contributed by atoms with van der Waals surface area (Å²) in [6, 6.07) is 31.3. The molecule has 0 spiro atoms. The van der Waals surface area contributed by atoms with Gasteiger partial charge >= 0.3 is 0 Å². The largest absolute Gasteiger partial charge is 0.498 e. The third-order valence-corrected chi connectivity index (χ3v) is 9.82. The van der Waals surface area contributed by atoms with Crippen molar-refractivity contribution in [2.75, 3.05) is 0 Å². The van der Waals surface area contributed by atoms with Crippen molar-refractivity contribution in [3.63, 3.8) is 0 Å². The van der Waals surface area contributed by atoms with Crippen molar-refractivity contribution >= 4 is 43.5 Å². The Bertz CT molecular complexity index is 2850. The van der Waals surface area contributed by atoms with E-state index in [9.17, 15) is 0 Å². The molecule has 6 heteroatoms. The SMILES string of the molecule is [2H]C([2H])([2H])c1c[c-]c(-c2cc(-c3ccccc3)c(C([2H])([2H])[2H])cn2)cc1.[2H]C([2H])([2H])c1cnc(-c2[c-]ccc3c2oc2c3ccc3sc(C(C)(C)C)nc32)cc1C([2H])(C)C.[Ir]. The zero-order valence-corrected chi connectivity index (χ0v) is 31.9. The first-order valence-electron chi connectivity index (χ1n) is 21.2. The molecular weight excluding hydrogens is 823 g/mol. The van der Waals surface area contributed by atoms with Gasteiger partial charge in [-0.05, 0) is 64.9 Å². The summed E-state index contributed by atoms with van der Waals surface area (Å²) in [6.07, 6.45) is 2.72. The molecule has 4 aromatic carbocycles. The average Bonchev–Trinajstić information content (AvgIpc) is 3.80. The van der Waals surface area contributed by atoms with Crippen LogP contribution in [0.5, 0.6) is 0 Å². The Morgan fingerprint density at radius 3 is 2.29 bits per heavy atom. The number of rotatable bonds is 4. The number of pyridine rings is 2. The smallest absolute Gasteiger partial charge is 0.148 e. The van der Waals surface area contributed by atoms with E-state index in [-0.39, 0.29) is 42.2 Å². The van der Waals surface area contributed by atoms with Crippen molar-refractivity contribution < 1.29 is 38.2 Å². The topological polar surface area (TPSA) is 51.8 Å². The number of nitrogens with zero attached hydrogens (tertiary/aromatic N) is 3. The van der Waals surface area contributed by atoms with Gasteiger partial charge in [0.2, 0.25) is 0 Å². The monoisotopic (exact) mass is 874 g/mol. The van der Waals surface area contributed by atoms with Crippen LogP contribution in [0.15, 0.2) is 102 Å². The zero-order chi connectivity index (χ0) is 43.6. The molecule has 0 aliphatic rings. The van der Waals surface area contributed by atoms with Gasteiger partial charge in [0.15, 0.2) is 0 Å². The Morgan fingerprint density at radius 2 is 1.59 bits per heavy atom. The van der Waals surface area contributed by atoms with Crippen molar-refractivity contribution in [3.05, 3.63) is 137 Å². The standard InChI is InChI=1S/C26H25N2OS.C19H16N.Ir/c1-14(2)19-12-20(27-13-15(19)3)18-9-7-8-16-17-10-11-21-22(24(17)29-23(16)18)28-25(30-21)26(4,5)6;1-14-8-10-17(11-9-14)19-12-18(15(2)13-20-19)16-6-4-3-5-7-16;/h7-8,10-14H,1-6H3;3-10,12-13H,1-2H3;/q2*-1;/i3D3,14D;1D3,2D3;. The van der Waals surface area contributed by atoms with Crippen LogP contribution in [0.2, 0.25) is 0 Å². The van der Waals surface area contributed by atoms with Crippen LogP contribution in [-0.2, 0) is 25.5 Å². The van der Waals surface area contributed by atoms with Gasteiger partial charge in [0.05, 0.1) is 15.3 Å². The number of hydrogen-bond donors (Lipinski definition) is 0. The molecule has 0 unspecified atom stereocenters. The number of aromatic nitrogens is 3. The van der Waals surface area contributed by atoms with Crippen molar-refractivity contribution in [2.45, 2.75) is 66.5 Å². The number of furan rings is 1. The number of hydrogen-bond acceptors (Lipinski definition) is 5. The molecule has 0 saturated carbocycles. The molecule has 0 amide bonds. The molecule has 0 aliphatic carbocycles. The second kappa shape index (κ2) is 14.6. The van der Waals surface area contributed by atoms with E-state index in [0.29, 0.717) is 39.2 Å². The zero-order valence-electron chi connectivity index (χ0n) is 38.7. The summed E-state index contributed by atoms with van der Waals surface area (Å²) in [5.74, 6) is -1.11. The molecule has 8 rings (SSSR count). The third-order valence-electron chi connectivity index (χ3n) is 8.38. The van der Waals surface area contributed by atoms with Crippen molar-refractivity contribution in [1.29, 1.82) is 0 Å². The minimum Gasteiger partial charge on any atom is -0.498 e. The van der Waals surface area contributed by atoms with E-state index >= 15 is 0 Å². The molecule has 0 saturated heterocycles. The molecule has 4 nitrogen and oxygen atoms in total. The van der Waals surface area contributed by atoms with E-state index in [4.69, 9.17) is 23.1 Å². The average molecular weight is 874 g/mol. The fourth-order valence-electron chi connectivity index (χ4n) is 5.75. The summed E-state index contributed by atoms with van der Waals surface area (Å²) in [7, 11) is 0. The summed E-state index contributed by atoms with van der Waals surface area (Å²) in [5.41, 5.74) is 6.65. The first-order chi connectivity index (χ1) is 27.9. The molecule has 0 N–H and O–H groups in total. The summed E-state index contributed by atoms with van der Waals surface area (Å²) in [5, 5.41) is 2.93. The van der Waals surface area contributed by atoms with Gasteiger partial charge in [0, 0.05) is 57.0 Å². The van der Waals surface area contributed by atoms with Crippen LogP contribution in [-0.4, -0.2) is 15.0 Å². The van der Waals surface area contributed by atoms with Gasteiger partial charge < -0.3 is 14.4 Å². The maximum absolute atomic E-state index is 8.53. The molecule has 4 heterocycles. The molecule has 8 aromatic rings. The van der Waals surface area contributed by atoms with Gasteiger partial charge in [0.1, 0.15) is 11.1 Å². The van der Waals surface area contributed by atoms with Crippen LogP contribution in [0.25, 0.3) is 65.8 Å². The summed E-state index contributed by atoms with van der Waals surface area (Å²) in [4.78, 5) is 13.6. The first-order valence-corrected chi connectivity index (χ1v) is 17.0. The van der Waals surface area contributed by atoms with Crippen LogP contribution in [0, 0.1) is 32.7 Å². The van der Waals surface area contributed by atoms with E-state index < -0.39 is 26.4 Å². The maximum Gasteiger partial charge on any atom is 0.148 e. The Hall–Kier alpha value is -4.48. The van der Waals surface area contributed by atoms with Gasteiger partial charge in [0.25, 0.3) is 0 Å². The number of fused-ring (bicyclic) bond motifs is 5. The van der Waals surface area contributed by atoms with Crippen molar-refractivity contribution in [1.82, 2.24) is 15.0 Å².